The van der Waals surface area contributed by atoms with Crippen molar-refractivity contribution in [2.45, 2.75) is 26.2 Å². The smallest absolute Gasteiger partial charge is 0.166 e. The third kappa shape index (κ3) is 1.62. The van der Waals surface area contributed by atoms with Crippen molar-refractivity contribution in [2.24, 2.45) is 5.41 Å². The van der Waals surface area contributed by atoms with Gasteiger partial charge in [-0.3, -0.25) is 4.79 Å². The van der Waals surface area contributed by atoms with Crippen LogP contribution in [-0.4, -0.2) is 15.8 Å². The fourth-order valence-electron chi connectivity index (χ4n) is 1.82. The summed E-state index contributed by atoms with van der Waals surface area (Å²) in [6, 6.07) is 0. The number of allylic oxidation sites excluding steroid dienone is 2. The quantitative estimate of drug-likeness (QED) is 0.736. The van der Waals surface area contributed by atoms with Crippen LogP contribution in [0.15, 0.2) is 24.5 Å². The van der Waals surface area contributed by atoms with Gasteiger partial charge in [0.25, 0.3) is 0 Å². The Morgan fingerprint density at radius 3 is 3.00 bits per heavy atom. The van der Waals surface area contributed by atoms with Crippen molar-refractivity contribution in [3.63, 3.8) is 0 Å². The third-order valence-corrected chi connectivity index (χ3v) is 2.62. The maximum absolute atomic E-state index is 11.6. The van der Waals surface area contributed by atoms with Crippen molar-refractivity contribution in [2.75, 3.05) is 0 Å². The van der Waals surface area contributed by atoms with E-state index in [0.29, 0.717) is 0 Å². The molecule has 1 aromatic rings. The first-order valence-electron chi connectivity index (χ1n) is 4.81. The van der Waals surface area contributed by atoms with Crippen LogP contribution in [0, 0.1) is 5.41 Å². The number of imidazole rings is 1. The highest BCUT2D eigenvalue weighted by Gasteiger charge is 2.31. The summed E-state index contributed by atoms with van der Waals surface area (Å²) in [4.78, 5) is 18.8. The van der Waals surface area contributed by atoms with E-state index in [1.165, 1.54) is 0 Å². The van der Waals surface area contributed by atoms with Gasteiger partial charge in [0, 0.05) is 12.4 Å². The molecule has 14 heavy (non-hydrogen) atoms. The van der Waals surface area contributed by atoms with Gasteiger partial charge in [0.1, 0.15) is 5.82 Å². The van der Waals surface area contributed by atoms with Crippen LogP contribution in [0.3, 0.4) is 0 Å². The fraction of sp³-hybridized carbons (Fsp3) is 0.455. The van der Waals surface area contributed by atoms with Gasteiger partial charge in [-0.25, -0.2) is 4.98 Å². The van der Waals surface area contributed by atoms with Gasteiger partial charge in [0.15, 0.2) is 5.78 Å². The molecule has 0 aromatic carbocycles. The number of aromatic amines is 1. The van der Waals surface area contributed by atoms with Crippen LogP contribution in [0.25, 0.3) is 0 Å². The molecule has 0 saturated heterocycles. The van der Waals surface area contributed by atoms with E-state index in [4.69, 9.17) is 0 Å². The minimum Gasteiger partial charge on any atom is -0.348 e. The van der Waals surface area contributed by atoms with E-state index in [9.17, 15) is 4.79 Å². The number of carbonyl (C=O) groups is 1. The second-order valence-electron chi connectivity index (χ2n) is 4.46. The monoisotopic (exact) mass is 190 g/mol. The maximum atomic E-state index is 11.6. The Kier molecular flexibility index (Phi) is 2.02. The first-order chi connectivity index (χ1) is 6.58. The Morgan fingerprint density at radius 2 is 2.36 bits per heavy atom. The van der Waals surface area contributed by atoms with Crippen molar-refractivity contribution in [3.8, 4) is 0 Å². The van der Waals surface area contributed by atoms with Crippen LogP contribution in [0.1, 0.15) is 32.0 Å². The summed E-state index contributed by atoms with van der Waals surface area (Å²) in [5.41, 5.74) is 0.0887. The Hall–Kier alpha value is -1.38. The van der Waals surface area contributed by atoms with Gasteiger partial charge in [0.2, 0.25) is 0 Å². The summed E-state index contributed by atoms with van der Waals surface area (Å²) >= 11 is 0. The predicted octanol–water partition coefficient (Wildman–Crippen LogP) is 2.05. The first-order valence-corrected chi connectivity index (χ1v) is 4.81. The number of hydrogen-bond donors (Lipinski definition) is 1. The van der Waals surface area contributed by atoms with Crippen molar-refractivity contribution in [3.05, 3.63) is 30.4 Å². The van der Waals surface area contributed by atoms with E-state index in [-0.39, 0.29) is 17.1 Å². The highest BCUT2D eigenvalue weighted by atomic mass is 16.1. The molecule has 0 fully saturated rings. The summed E-state index contributed by atoms with van der Waals surface area (Å²) in [6.07, 6.45) is 7.93. The summed E-state index contributed by atoms with van der Waals surface area (Å²) in [7, 11) is 0. The number of ketones is 1. The SMILES string of the molecule is CC1(C)C=CC(=O)C(c2ncc[nH]2)C1. The van der Waals surface area contributed by atoms with E-state index in [2.05, 4.69) is 23.8 Å². The number of aromatic nitrogens is 2. The minimum absolute atomic E-state index is 0.0887. The van der Waals surface area contributed by atoms with Gasteiger partial charge in [-0.2, -0.15) is 0 Å². The molecule has 0 radical (unpaired) electrons. The molecule has 1 aliphatic rings. The van der Waals surface area contributed by atoms with Gasteiger partial charge >= 0.3 is 0 Å². The average Bonchev–Trinajstić information content (AvgIpc) is 2.62. The molecule has 3 heteroatoms. The van der Waals surface area contributed by atoms with Crippen LogP contribution < -0.4 is 0 Å². The summed E-state index contributed by atoms with van der Waals surface area (Å²) in [5.74, 6) is 0.844. The Morgan fingerprint density at radius 1 is 1.57 bits per heavy atom. The Balaban J connectivity index is 2.30. The molecule has 2 rings (SSSR count). The minimum atomic E-state index is -0.0926. The lowest BCUT2D eigenvalue weighted by Crippen LogP contribution is -2.24. The van der Waals surface area contributed by atoms with Gasteiger partial charge in [-0.1, -0.05) is 19.9 Å². The largest absolute Gasteiger partial charge is 0.348 e. The number of nitrogens with one attached hydrogen (secondary N) is 1. The lowest BCUT2D eigenvalue weighted by atomic mass is 9.76. The van der Waals surface area contributed by atoms with Gasteiger partial charge < -0.3 is 4.98 Å². The van der Waals surface area contributed by atoms with E-state index >= 15 is 0 Å². The topological polar surface area (TPSA) is 45.8 Å². The normalized spacial score (nSPS) is 25.3. The average molecular weight is 190 g/mol. The van der Waals surface area contributed by atoms with Crippen LogP contribution >= 0.6 is 0 Å². The highest BCUT2D eigenvalue weighted by molar-refractivity contribution is 5.95. The molecule has 0 saturated carbocycles. The van der Waals surface area contributed by atoms with Crippen LogP contribution in [-0.2, 0) is 4.79 Å². The molecule has 74 valence electrons. The predicted molar refractivity (Wildman–Crippen MR) is 53.9 cm³/mol. The van der Waals surface area contributed by atoms with E-state index in [1.807, 2.05) is 6.08 Å². The fourth-order valence-corrected chi connectivity index (χ4v) is 1.82. The lowest BCUT2D eigenvalue weighted by molar-refractivity contribution is -0.117. The maximum Gasteiger partial charge on any atom is 0.166 e. The molecular weight excluding hydrogens is 176 g/mol. The zero-order chi connectivity index (χ0) is 10.2. The lowest BCUT2D eigenvalue weighted by Gasteiger charge is -2.28. The zero-order valence-corrected chi connectivity index (χ0v) is 8.45. The van der Waals surface area contributed by atoms with Crippen molar-refractivity contribution in [1.82, 2.24) is 9.97 Å². The third-order valence-electron chi connectivity index (χ3n) is 2.62. The van der Waals surface area contributed by atoms with Crippen LogP contribution in [0.2, 0.25) is 0 Å². The molecule has 0 aliphatic heterocycles. The summed E-state index contributed by atoms with van der Waals surface area (Å²) < 4.78 is 0. The summed E-state index contributed by atoms with van der Waals surface area (Å²) in [6.45, 7) is 4.26. The molecule has 1 aromatic heterocycles. The second-order valence-corrected chi connectivity index (χ2v) is 4.46. The number of carbonyl (C=O) groups excluding carboxylic acids is 1. The van der Waals surface area contributed by atoms with Gasteiger partial charge in [-0.05, 0) is 17.9 Å². The van der Waals surface area contributed by atoms with Crippen molar-refractivity contribution < 1.29 is 4.79 Å². The van der Waals surface area contributed by atoms with E-state index in [0.717, 1.165) is 12.2 Å². The number of H-pyrrole nitrogens is 1. The number of rotatable bonds is 1. The first kappa shape index (κ1) is 9.19. The van der Waals surface area contributed by atoms with Gasteiger partial charge in [0.05, 0.1) is 5.92 Å². The molecule has 0 amide bonds. The highest BCUT2D eigenvalue weighted by Crippen LogP contribution is 2.35. The molecule has 1 aliphatic carbocycles. The van der Waals surface area contributed by atoms with Gasteiger partial charge in [-0.15, -0.1) is 0 Å². The standard InChI is InChI=1S/C11H14N2O/c1-11(2)4-3-9(14)8(7-11)10-12-5-6-13-10/h3-6,8H,7H2,1-2H3,(H,12,13). The summed E-state index contributed by atoms with van der Waals surface area (Å²) in [5, 5.41) is 0. The van der Waals surface area contributed by atoms with Crippen molar-refractivity contribution >= 4 is 5.78 Å². The molecule has 1 unspecified atom stereocenters. The van der Waals surface area contributed by atoms with Crippen molar-refractivity contribution in [1.29, 1.82) is 0 Å². The van der Waals surface area contributed by atoms with Crippen LogP contribution in [0.5, 0.6) is 0 Å². The Bertz CT molecular complexity index is 363. The Labute approximate surface area is 83.2 Å². The molecule has 0 spiro atoms. The van der Waals surface area contributed by atoms with Crippen LogP contribution in [0.4, 0.5) is 0 Å². The van der Waals surface area contributed by atoms with E-state index in [1.54, 1.807) is 18.5 Å². The van der Waals surface area contributed by atoms with E-state index < -0.39 is 0 Å². The molecule has 1 atom stereocenters. The number of nitrogens with zero attached hydrogens (tertiary/aromatic N) is 1. The zero-order valence-electron chi connectivity index (χ0n) is 8.45. The molecule has 3 nitrogen and oxygen atoms in total. The second kappa shape index (κ2) is 3.08. The molecular formula is C11H14N2O. The molecule has 1 N–H and O–H groups in total. The molecule has 0 bridgehead atoms. The number of hydrogen-bond acceptors (Lipinski definition) is 2. The molecule has 1 heterocycles.